The van der Waals surface area contributed by atoms with E-state index in [-0.39, 0.29) is 5.78 Å². The number of hydrogen-bond donors (Lipinski definition) is 0. The molecule has 0 aromatic heterocycles. The SMILES string of the molecule is COC1(C(=O)c2cccc(C)c2C)CCCCC1. The topological polar surface area (TPSA) is 26.3 Å². The number of carbonyl (C=O) groups is 1. The van der Waals surface area contributed by atoms with Gasteiger partial charge in [-0.25, -0.2) is 0 Å². The fourth-order valence-corrected chi connectivity index (χ4v) is 2.89. The van der Waals surface area contributed by atoms with Crippen LogP contribution in [0.2, 0.25) is 0 Å². The van der Waals surface area contributed by atoms with E-state index >= 15 is 0 Å². The van der Waals surface area contributed by atoms with Crippen LogP contribution in [0.1, 0.15) is 53.6 Å². The van der Waals surface area contributed by atoms with E-state index in [9.17, 15) is 4.79 Å². The predicted molar refractivity (Wildman–Crippen MR) is 73.1 cm³/mol. The number of rotatable bonds is 3. The number of ketones is 1. The first-order valence-corrected chi connectivity index (χ1v) is 6.77. The van der Waals surface area contributed by atoms with Crippen molar-refractivity contribution in [2.75, 3.05) is 7.11 Å². The van der Waals surface area contributed by atoms with Crippen LogP contribution < -0.4 is 0 Å². The second-order valence-electron chi connectivity index (χ2n) is 5.34. The predicted octanol–water partition coefficient (Wildman–Crippen LogP) is 3.84. The molecule has 2 rings (SSSR count). The lowest BCUT2D eigenvalue weighted by Crippen LogP contribution is -2.42. The summed E-state index contributed by atoms with van der Waals surface area (Å²) in [5, 5.41) is 0. The van der Waals surface area contributed by atoms with Crippen molar-refractivity contribution in [2.45, 2.75) is 51.6 Å². The molecule has 0 saturated heterocycles. The number of carbonyl (C=O) groups excluding carboxylic acids is 1. The third-order valence-electron chi connectivity index (χ3n) is 4.32. The van der Waals surface area contributed by atoms with Gasteiger partial charge in [0.15, 0.2) is 5.78 Å². The van der Waals surface area contributed by atoms with Gasteiger partial charge in [0.2, 0.25) is 0 Å². The number of aryl methyl sites for hydroxylation is 1. The molecule has 1 aromatic carbocycles. The summed E-state index contributed by atoms with van der Waals surface area (Å²) >= 11 is 0. The van der Waals surface area contributed by atoms with Crippen molar-refractivity contribution in [1.29, 1.82) is 0 Å². The molecule has 0 unspecified atom stereocenters. The lowest BCUT2D eigenvalue weighted by atomic mass is 9.78. The molecule has 0 amide bonds. The summed E-state index contributed by atoms with van der Waals surface area (Å²) in [6.07, 6.45) is 5.10. The van der Waals surface area contributed by atoms with E-state index < -0.39 is 5.60 Å². The highest BCUT2D eigenvalue weighted by molar-refractivity contribution is 6.03. The minimum Gasteiger partial charge on any atom is -0.370 e. The van der Waals surface area contributed by atoms with Crippen molar-refractivity contribution in [3.63, 3.8) is 0 Å². The number of ether oxygens (including phenoxy) is 1. The highest BCUT2D eigenvalue weighted by Gasteiger charge is 2.40. The van der Waals surface area contributed by atoms with Crippen molar-refractivity contribution < 1.29 is 9.53 Å². The van der Waals surface area contributed by atoms with Gasteiger partial charge in [-0.05, 0) is 37.8 Å². The highest BCUT2D eigenvalue weighted by Crippen LogP contribution is 2.35. The molecule has 1 aliphatic carbocycles. The van der Waals surface area contributed by atoms with Crippen molar-refractivity contribution in [1.82, 2.24) is 0 Å². The van der Waals surface area contributed by atoms with Crippen LogP contribution in [0, 0.1) is 13.8 Å². The highest BCUT2D eigenvalue weighted by atomic mass is 16.5. The van der Waals surface area contributed by atoms with Gasteiger partial charge in [0.1, 0.15) is 5.60 Å². The first kappa shape index (κ1) is 13.3. The van der Waals surface area contributed by atoms with Crippen LogP contribution >= 0.6 is 0 Å². The first-order chi connectivity index (χ1) is 8.60. The summed E-state index contributed by atoms with van der Waals surface area (Å²) in [4.78, 5) is 12.8. The normalized spacial score (nSPS) is 18.6. The van der Waals surface area contributed by atoms with Crippen molar-refractivity contribution >= 4 is 5.78 Å². The molecule has 0 bridgehead atoms. The molecule has 1 aromatic rings. The number of methoxy groups -OCH3 is 1. The van der Waals surface area contributed by atoms with E-state index in [0.717, 1.165) is 36.8 Å². The van der Waals surface area contributed by atoms with Crippen LogP contribution in [0.25, 0.3) is 0 Å². The van der Waals surface area contributed by atoms with Gasteiger partial charge in [0.25, 0.3) is 0 Å². The molecule has 0 spiro atoms. The van der Waals surface area contributed by atoms with E-state index in [2.05, 4.69) is 0 Å². The van der Waals surface area contributed by atoms with Crippen LogP contribution in [-0.4, -0.2) is 18.5 Å². The van der Waals surface area contributed by atoms with Crippen molar-refractivity contribution in [3.8, 4) is 0 Å². The number of hydrogen-bond acceptors (Lipinski definition) is 2. The monoisotopic (exact) mass is 246 g/mol. The average molecular weight is 246 g/mol. The van der Waals surface area contributed by atoms with Gasteiger partial charge in [-0.15, -0.1) is 0 Å². The maximum Gasteiger partial charge on any atom is 0.194 e. The average Bonchev–Trinajstić information content (AvgIpc) is 2.42. The fraction of sp³-hybridized carbons (Fsp3) is 0.562. The Bertz CT molecular complexity index is 442. The minimum absolute atomic E-state index is 0.172. The Morgan fingerprint density at radius 1 is 1.17 bits per heavy atom. The summed E-state index contributed by atoms with van der Waals surface area (Å²) < 4.78 is 5.64. The molecule has 0 heterocycles. The van der Waals surface area contributed by atoms with Crippen molar-refractivity contribution in [3.05, 3.63) is 34.9 Å². The second-order valence-corrected chi connectivity index (χ2v) is 5.34. The Morgan fingerprint density at radius 3 is 2.44 bits per heavy atom. The van der Waals surface area contributed by atoms with Crippen LogP contribution in [0.5, 0.6) is 0 Å². The maximum atomic E-state index is 12.8. The fourth-order valence-electron chi connectivity index (χ4n) is 2.89. The third-order valence-corrected chi connectivity index (χ3v) is 4.32. The molecular formula is C16H22O2. The number of Topliss-reactive ketones (excluding diaryl/α,β-unsaturated/α-hetero) is 1. The molecule has 1 fully saturated rings. The summed E-state index contributed by atoms with van der Waals surface area (Å²) in [6, 6.07) is 5.94. The van der Waals surface area contributed by atoms with E-state index in [4.69, 9.17) is 4.74 Å². The van der Waals surface area contributed by atoms with E-state index in [1.165, 1.54) is 12.0 Å². The number of benzene rings is 1. The zero-order valence-electron chi connectivity index (χ0n) is 11.6. The zero-order chi connectivity index (χ0) is 13.2. The van der Waals surface area contributed by atoms with Crippen LogP contribution in [0.4, 0.5) is 0 Å². The standard InChI is InChI=1S/C16H22O2/c1-12-8-7-9-14(13(12)2)15(17)16(18-3)10-5-4-6-11-16/h7-9H,4-6,10-11H2,1-3H3. The lowest BCUT2D eigenvalue weighted by molar-refractivity contribution is -0.0194. The van der Waals surface area contributed by atoms with Gasteiger partial charge in [0.05, 0.1) is 0 Å². The summed E-state index contributed by atoms with van der Waals surface area (Å²) in [7, 11) is 1.67. The van der Waals surface area contributed by atoms with E-state index in [0.29, 0.717) is 0 Å². The molecule has 0 radical (unpaired) electrons. The molecule has 1 aliphatic rings. The van der Waals surface area contributed by atoms with Gasteiger partial charge in [0, 0.05) is 12.7 Å². The van der Waals surface area contributed by atoms with Crippen LogP contribution in [-0.2, 0) is 4.74 Å². The largest absolute Gasteiger partial charge is 0.370 e. The Kier molecular flexibility index (Phi) is 3.86. The molecule has 0 aliphatic heterocycles. The van der Waals surface area contributed by atoms with E-state index in [1.807, 2.05) is 32.0 Å². The Labute approximate surface area is 109 Å². The minimum atomic E-state index is -0.573. The third kappa shape index (κ3) is 2.22. The molecule has 2 nitrogen and oxygen atoms in total. The van der Waals surface area contributed by atoms with E-state index in [1.54, 1.807) is 7.11 Å². The summed E-state index contributed by atoms with van der Waals surface area (Å²) in [5.74, 6) is 0.172. The van der Waals surface area contributed by atoms with Gasteiger partial charge in [-0.3, -0.25) is 4.79 Å². The Hall–Kier alpha value is -1.15. The van der Waals surface area contributed by atoms with Gasteiger partial charge in [-0.2, -0.15) is 0 Å². The molecule has 98 valence electrons. The van der Waals surface area contributed by atoms with Gasteiger partial charge in [-0.1, -0.05) is 37.5 Å². The van der Waals surface area contributed by atoms with Crippen LogP contribution in [0.15, 0.2) is 18.2 Å². The van der Waals surface area contributed by atoms with Crippen molar-refractivity contribution in [2.24, 2.45) is 0 Å². The molecule has 1 saturated carbocycles. The first-order valence-electron chi connectivity index (χ1n) is 6.77. The smallest absolute Gasteiger partial charge is 0.194 e. The second kappa shape index (κ2) is 5.23. The quantitative estimate of drug-likeness (QED) is 0.757. The Morgan fingerprint density at radius 2 is 1.83 bits per heavy atom. The molecule has 18 heavy (non-hydrogen) atoms. The molecular weight excluding hydrogens is 224 g/mol. The summed E-state index contributed by atoms with van der Waals surface area (Å²) in [6.45, 7) is 4.07. The van der Waals surface area contributed by atoms with Gasteiger partial charge < -0.3 is 4.74 Å². The van der Waals surface area contributed by atoms with Crippen LogP contribution in [0.3, 0.4) is 0 Å². The zero-order valence-corrected chi connectivity index (χ0v) is 11.6. The summed E-state index contributed by atoms with van der Waals surface area (Å²) in [5.41, 5.74) is 2.52. The Balaban J connectivity index is 2.37. The lowest BCUT2D eigenvalue weighted by Gasteiger charge is -2.35. The molecule has 0 atom stereocenters. The van der Waals surface area contributed by atoms with Gasteiger partial charge >= 0.3 is 0 Å². The maximum absolute atomic E-state index is 12.8. The molecule has 2 heteroatoms. The molecule has 0 N–H and O–H groups in total.